The fourth-order valence-corrected chi connectivity index (χ4v) is 2.30. The smallest absolute Gasteiger partial charge is 0.305 e. The van der Waals surface area contributed by atoms with Crippen molar-refractivity contribution in [2.24, 2.45) is 5.92 Å². The van der Waals surface area contributed by atoms with Gasteiger partial charge >= 0.3 is 5.97 Å². The summed E-state index contributed by atoms with van der Waals surface area (Å²) < 4.78 is 29.7. The maximum absolute atomic E-state index is 12.4. The maximum Gasteiger partial charge on any atom is 0.305 e. The number of carbonyl (C=O) groups is 2. The Bertz CT molecular complexity index is 650. The summed E-state index contributed by atoms with van der Waals surface area (Å²) in [4.78, 5) is 24.5. The van der Waals surface area contributed by atoms with Crippen LogP contribution in [0, 0.1) is 5.92 Å². The van der Waals surface area contributed by atoms with Crippen LogP contribution in [-0.4, -0.2) is 49.6 Å². The van der Waals surface area contributed by atoms with Crippen molar-refractivity contribution < 1.29 is 27.5 Å². The molecule has 0 fully saturated rings. The number of hydrogen-bond acceptors (Lipinski definition) is 5. The van der Waals surface area contributed by atoms with Gasteiger partial charge in [-0.05, 0) is 18.1 Å². The number of furan rings is 1. The SMILES string of the molecule is CC(C)CN(CCC(=O)O)C(=O)c1ccc(CNS(C)(=O)=O)o1. The molecule has 1 amide bonds. The first-order chi connectivity index (χ1) is 10.6. The van der Waals surface area contributed by atoms with Crippen molar-refractivity contribution in [2.75, 3.05) is 19.3 Å². The summed E-state index contributed by atoms with van der Waals surface area (Å²) in [5.74, 6) is -0.855. The molecule has 0 unspecified atom stereocenters. The highest BCUT2D eigenvalue weighted by atomic mass is 32.2. The number of carbonyl (C=O) groups excluding carboxylic acids is 1. The van der Waals surface area contributed by atoms with Crippen molar-refractivity contribution >= 4 is 21.9 Å². The van der Waals surface area contributed by atoms with E-state index in [1.807, 2.05) is 13.8 Å². The van der Waals surface area contributed by atoms with E-state index < -0.39 is 21.9 Å². The molecule has 0 saturated carbocycles. The molecule has 0 bridgehead atoms. The molecule has 1 heterocycles. The number of aliphatic carboxylic acids is 1. The van der Waals surface area contributed by atoms with E-state index >= 15 is 0 Å². The van der Waals surface area contributed by atoms with Gasteiger partial charge in [0.25, 0.3) is 5.91 Å². The van der Waals surface area contributed by atoms with Crippen LogP contribution in [-0.2, 0) is 21.4 Å². The maximum atomic E-state index is 12.4. The molecule has 0 radical (unpaired) electrons. The molecular formula is C14H22N2O6S. The van der Waals surface area contributed by atoms with E-state index in [9.17, 15) is 18.0 Å². The molecule has 0 aliphatic heterocycles. The molecule has 0 aliphatic rings. The predicted octanol–water partition coefficient (Wildman–Crippen LogP) is 0.902. The van der Waals surface area contributed by atoms with E-state index in [0.717, 1.165) is 6.26 Å². The first-order valence-electron chi connectivity index (χ1n) is 7.13. The summed E-state index contributed by atoms with van der Waals surface area (Å²) >= 11 is 0. The standard InChI is InChI=1S/C14H22N2O6S/c1-10(2)9-16(7-6-13(17)18)14(19)12-5-4-11(22-12)8-15-23(3,20)21/h4-5,10,15H,6-9H2,1-3H3,(H,17,18). The number of carboxylic acids is 1. The fourth-order valence-electron chi connectivity index (χ4n) is 1.89. The van der Waals surface area contributed by atoms with Crippen molar-refractivity contribution in [3.63, 3.8) is 0 Å². The number of sulfonamides is 1. The molecule has 9 heteroatoms. The molecule has 0 spiro atoms. The Morgan fingerprint density at radius 2 is 2.00 bits per heavy atom. The molecule has 0 aliphatic carbocycles. The second kappa shape index (κ2) is 8.11. The van der Waals surface area contributed by atoms with E-state index in [4.69, 9.17) is 9.52 Å². The molecule has 1 aromatic rings. The van der Waals surface area contributed by atoms with E-state index in [1.165, 1.54) is 17.0 Å². The lowest BCUT2D eigenvalue weighted by Crippen LogP contribution is -2.35. The van der Waals surface area contributed by atoms with Crippen molar-refractivity contribution in [3.8, 4) is 0 Å². The van der Waals surface area contributed by atoms with Crippen LogP contribution < -0.4 is 4.72 Å². The van der Waals surface area contributed by atoms with Crippen LogP contribution >= 0.6 is 0 Å². The Balaban J connectivity index is 2.78. The van der Waals surface area contributed by atoms with Crippen LogP contribution in [0.3, 0.4) is 0 Å². The zero-order chi connectivity index (χ0) is 17.6. The van der Waals surface area contributed by atoms with Gasteiger partial charge in [0, 0.05) is 13.1 Å². The highest BCUT2D eigenvalue weighted by Gasteiger charge is 2.21. The molecule has 2 N–H and O–H groups in total. The van der Waals surface area contributed by atoms with Crippen LogP contribution in [0.25, 0.3) is 0 Å². The molecule has 23 heavy (non-hydrogen) atoms. The first kappa shape index (κ1) is 19.2. The number of carboxylic acid groups (broad SMARTS) is 1. The number of nitrogens with one attached hydrogen (secondary N) is 1. The molecule has 0 aromatic carbocycles. The Morgan fingerprint density at radius 1 is 1.35 bits per heavy atom. The van der Waals surface area contributed by atoms with Gasteiger partial charge in [0.15, 0.2) is 5.76 Å². The summed E-state index contributed by atoms with van der Waals surface area (Å²) in [7, 11) is -3.35. The van der Waals surface area contributed by atoms with Crippen LogP contribution in [0.15, 0.2) is 16.5 Å². The third kappa shape index (κ3) is 7.29. The predicted molar refractivity (Wildman–Crippen MR) is 83.4 cm³/mol. The minimum atomic E-state index is -3.35. The average Bonchev–Trinajstić information content (AvgIpc) is 2.88. The van der Waals surface area contributed by atoms with Crippen LogP contribution in [0.2, 0.25) is 0 Å². The average molecular weight is 346 g/mol. The largest absolute Gasteiger partial charge is 0.481 e. The van der Waals surface area contributed by atoms with Crippen LogP contribution in [0.5, 0.6) is 0 Å². The lowest BCUT2D eigenvalue weighted by Gasteiger charge is -2.22. The van der Waals surface area contributed by atoms with Gasteiger partial charge in [0.05, 0.1) is 19.2 Å². The van der Waals surface area contributed by atoms with Gasteiger partial charge in [-0.1, -0.05) is 13.8 Å². The molecular weight excluding hydrogens is 324 g/mol. The summed E-state index contributed by atoms with van der Waals surface area (Å²) in [5.41, 5.74) is 0. The molecule has 1 rings (SSSR count). The van der Waals surface area contributed by atoms with E-state index in [-0.39, 0.29) is 31.2 Å². The normalized spacial score (nSPS) is 11.7. The van der Waals surface area contributed by atoms with Gasteiger partial charge in [0.2, 0.25) is 10.0 Å². The van der Waals surface area contributed by atoms with Gasteiger partial charge < -0.3 is 14.4 Å². The fraction of sp³-hybridized carbons (Fsp3) is 0.571. The minimum absolute atomic E-state index is 0.0502. The summed E-state index contributed by atoms with van der Waals surface area (Å²) in [6, 6.07) is 2.96. The van der Waals surface area contributed by atoms with E-state index in [1.54, 1.807) is 0 Å². The van der Waals surface area contributed by atoms with Gasteiger partial charge in [-0.3, -0.25) is 9.59 Å². The Morgan fingerprint density at radius 3 is 2.52 bits per heavy atom. The Hall–Kier alpha value is -1.87. The highest BCUT2D eigenvalue weighted by molar-refractivity contribution is 7.88. The molecule has 1 aromatic heterocycles. The lowest BCUT2D eigenvalue weighted by atomic mass is 10.2. The third-order valence-corrected chi connectivity index (χ3v) is 3.52. The van der Waals surface area contributed by atoms with E-state index in [2.05, 4.69) is 4.72 Å². The zero-order valence-electron chi connectivity index (χ0n) is 13.4. The monoisotopic (exact) mass is 346 g/mol. The lowest BCUT2D eigenvalue weighted by molar-refractivity contribution is -0.137. The zero-order valence-corrected chi connectivity index (χ0v) is 14.2. The minimum Gasteiger partial charge on any atom is -0.481 e. The van der Waals surface area contributed by atoms with Gasteiger partial charge in [-0.2, -0.15) is 0 Å². The van der Waals surface area contributed by atoms with Gasteiger partial charge in [0.1, 0.15) is 5.76 Å². The topological polar surface area (TPSA) is 117 Å². The number of rotatable bonds is 9. The third-order valence-electron chi connectivity index (χ3n) is 2.85. The Labute approximate surface area is 135 Å². The summed E-state index contributed by atoms with van der Waals surface area (Å²) in [5, 5.41) is 8.77. The molecule has 0 saturated heterocycles. The highest BCUT2D eigenvalue weighted by Crippen LogP contribution is 2.13. The first-order valence-corrected chi connectivity index (χ1v) is 9.02. The Kier molecular flexibility index (Phi) is 6.77. The summed E-state index contributed by atoms with van der Waals surface area (Å²) in [6.45, 7) is 4.29. The number of amides is 1. The van der Waals surface area contributed by atoms with Crippen LogP contribution in [0.1, 0.15) is 36.6 Å². The second-order valence-electron chi connectivity index (χ2n) is 5.65. The van der Waals surface area contributed by atoms with Crippen molar-refractivity contribution in [3.05, 3.63) is 23.7 Å². The molecule has 0 atom stereocenters. The van der Waals surface area contributed by atoms with Crippen molar-refractivity contribution in [1.82, 2.24) is 9.62 Å². The van der Waals surface area contributed by atoms with E-state index in [0.29, 0.717) is 12.3 Å². The number of nitrogens with zero attached hydrogens (tertiary/aromatic N) is 1. The van der Waals surface area contributed by atoms with Gasteiger partial charge in [-0.15, -0.1) is 0 Å². The summed E-state index contributed by atoms with van der Waals surface area (Å²) in [6.07, 6.45) is 0.875. The molecule has 130 valence electrons. The quantitative estimate of drug-likeness (QED) is 0.686. The van der Waals surface area contributed by atoms with Crippen LogP contribution in [0.4, 0.5) is 0 Å². The second-order valence-corrected chi connectivity index (χ2v) is 7.48. The van der Waals surface area contributed by atoms with Crippen molar-refractivity contribution in [2.45, 2.75) is 26.8 Å². The van der Waals surface area contributed by atoms with Crippen molar-refractivity contribution in [1.29, 1.82) is 0 Å². The number of hydrogen-bond donors (Lipinski definition) is 2. The van der Waals surface area contributed by atoms with Gasteiger partial charge in [-0.25, -0.2) is 13.1 Å². The molecule has 8 nitrogen and oxygen atoms in total.